The highest BCUT2D eigenvalue weighted by atomic mass is 35.5. The van der Waals surface area contributed by atoms with E-state index in [1.54, 1.807) is 0 Å². The van der Waals surface area contributed by atoms with Crippen LogP contribution in [0, 0.1) is 5.82 Å². The van der Waals surface area contributed by atoms with Crippen LogP contribution in [-0.4, -0.2) is 33.2 Å². The maximum atomic E-state index is 12.9. The summed E-state index contributed by atoms with van der Waals surface area (Å²) in [6.45, 7) is 0.409. The Morgan fingerprint density at radius 3 is 2.67 bits per heavy atom. The number of sulfone groups is 1. The monoisotopic (exact) mass is 294 g/mol. The van der Waals surface area contributed by atoms with Crippen molar-refractivity contribution in [3.05, 3.63) is 29.0 Å². The predicted octanol–water partition coefficient (Wildman–Crippen LogP) is 0.328. The Balaban J connectivity index is 2.86. The number of hydrogen-bond donors (Lipinski definition) is 2. The molecule has 0 atom stereocenters. The van der Waals surface area contributed by atoms with Crippen molar-refractivity contribution in [3.63, 3.8) is 0 Å². The minimum atomic E-state index is -3.83. The zero-order chi connectivity index (χ0) is 13.8. The molecular formula is C10H12ClFN2O3S. The number of amides is 1. The van der Waals surface area contributed by atoms with Gasteiger partial charge in [0.1, 0.15) is 11.6 Å². The van der Waals surface area contributed by atoms with E-state index >= 15 is 0 Å². The zero-order valence-electron chi connectivity index (χ0n) is 9.32. The lowest BCUT2D eigenvalue weighted by Gasteiger charge is -2.06. The highest BCUT2D eigenvalue weighted by Gasteiger charge is 2.20. The number of carbonyl (C=O) groups is 1. The molecule has 0 aliphatic carbocycles. The van der Waals surface area contributed by atoms with Crippen LogP contribution in [-0.2, 0) is 14.6 Å². The van der Waals surface area contributed by atoms with E-state index in [4.69, 9.17) is 17.3 Å². The smallest absolute Gasteiger partial charge is 0.235 e. The van der Waals surface area contributed by atoms with Gasteiger partial charge in [0.25, 0.3) is 0 Å². The van der Waals surface area contributed by atoms with Crippen LogP contribution >= 0.6 is 11.6 Å². The fraction of sp³-hybridized carbons (Fsp3) is 0.300. The van der Waals surface area contributed by atoms with Crippen molar-refractivity contribution < 1.29 is 17.6 Å². The molecule has 0 heterocycles. The van der Waals surface area contributed by atoms with Crippen molar-refractivity contribution in [2.45, 2.75) is 4.90 Å². The largest absolute Gasteiger partial charge is 0.354 e. The normalized spacial score (nSPS) is 11.3. The first-order chi connectivity index (χ1) is 8.36. The molecule has 0 bridgehead atoms. The molecule has 0 unspecified atom stereocenters. The Kier molecular flexibility index (Phi) is 5.06. The van der Waals surface area contributed by atoms with Gasteiger partial charge in [-0.25, -0.2) is 12.8 Å². The number of rotatable bonds is 5. The maximum absolute atomic E-state index is 12.9. The van der Waals surface area contributed by atoms with Crippen LogP contribution in [0.5, 0.6) is 0 Å². The van der Waals surface area contributed by atoms with E-state index in [1.165, 1.54) is 0 Å². The summed E-state index contributed by atoms with van der Waals surface area (Å²) in [7, 11) is -3.83. The van der Waals surface area contributed by atoms with Gasteiger partial charge in [0.15, 0.2) is 9.84 Å². The molecule has 0 radical (unpaired) electrons. The zero-order valence-corrected chi connectivity index (χ0v) is 10.9. The first-order valence-corrected chi connectivity index (χ1v) is 7.04. The van der Waals surface area contributed by atoms with Crippen molar-refractivity contribution in [1.82, 2.24) is 5.32 Å². The lowest BCUT2D eigenvalue weighted by atomic mass is 10.3. The van der Waals surface area contributed by atoms with Crippen molar-refractivity contribution in [2.75, 3.05) is 18.8 Å². The summed E-state index contributed by atoms with van der Waals surface area (Å²) in [6.07, 6.45) is 0. The molecule has 0 fully saturated rings. The second-order valence-corrected chi connectivity index (χ2v) is 5.87. The van der Waals surface area contributed by atoms with Gasteiger partial charge in [-0.05, 0) is 18.2 Å². The summed E-state index contributed by atoms with van der Waals surface area (Å²) >= 11 is 5.48. The molecule has 5 nitrogen and oxygen atoms in total. The lowest BCUT2D eigenvalue weighted by molar-refractivity contribution is -0.118. The van der Waals surface area contributed by atoms with E-state index in [1.807, 2.05) is 0 Å². The summed E-state index contributed by atoms with van der Waals surface area (Å²) in [4.78, 5) is 11.1. The quantitative estimate of drug-likeness (QED) is 0.766. The van der Waals surface area contributed by atoms with Crippen molar-refractivity contribution >= 4 is 27.3 Å². The van der Waals surface area contributed by atoms with Crippen LogP contribution < -0.4 is 11.1 Å². The van der Waals surface area contributed by atoms with Crippen molar-refractivity contribution in [3.8, 4) is 0 Å². The van der Waals surface area contributed by atoms with Gasteiger partial charge in [0.2, 0.25) is 5.91 Å². The van der Waals surface area contributed by atoms with Crippen molar-refractivity contribution in [2.24, 2.45) is 5.73 Å². The molecule has 0 aliphatic rings. The summed E-state index contributed by atoms with van der Waals surface area (Å²) in [5.41, 5.74) is 5.16. The Labute approximate surface area is 109 Å². The molecule has 1 rings (SSSR count). The number of halogens is 2. The molecule has 0 spiro atoms. The Hall–Kier alpha value is -1.18. The Bertz CT molecular complexity index is 548. The van der Waals surface area contributed by atoms with E-state index in [9.17, 15) is 17.6 Å². The van der Waals surface area contributed by atoms with Crippen LogP contribution in [0.1, 0.15) is 0 Å². The topological polar surface area (TPSA) is 89.3 Å². The molecular weight excluding hydrogens is 283 g/mol. The molecule has 0 aliphatic heterocycles. The van der Waals surface area contributed by atoms with E-state index in [-0.39, 0.29) is 23.0 Å². The van der Waals surface area contributed by atoms with Crippen LogP contribution in [0.2, 0.25) is 5.02 Å². The van der Waals surface area contributed by atoms with Gasteiger partial charge >= 0.3 is 0 Å². The Morgan fingerprint density at radius 2 is 2.11 bits per heavy atom. The summed E-state index contributed by atoms with van der Waals surface area (Å²) < 4.78 is 36.5. The maximum Gasteiger partial charge on any atom is 0.235 e. The number of carbonyl (C=O) groups excluding carboxylic acids is 1. The summed E-state index contributed by atoms with van der Waals surface area (Å²) in [5, 5.41) is 2.03. The molecule has 18 heavy (non-hydrogen) atoms. The third kappa shape index (κ3) is 3.94. The molecule has 1 aromatic carbocycles. The average Bonchev–Trinajstić information content (AvgIpc) is 2.29. The first-order valence-electron chi connectivity index (χ1n) is 5.01. The van der Waals surface area contributed by atoms with E-state index in [2.05, 4.69) is 5.32 Å². The van der Waals surface area contributed by atoms with Gasteiger partial charge in [-0.2, -0.15) is 0 Å². The third-order valence-electron chi connectivity index (χ3n) is 2.04. The van der Waals surface area contributed by atoms with Crippen LogP contribution in [0.3, 0.4) is 0 Å². The van der Waals surface area contributed by atoms with Gasteiger partial charge in [-0.15, -0.1) is 0 Å². The molecule has 8 heteroatoms. The van der Waals surface area contributed by atoms with Crippen LogP contribution in [0.15, 0.2) is 23.1 Å². The van der Waals surface area contributed by atoms with Gasteiger partial charge in [-0.1, -0.05) is 11.6 Å². The van der Waals surface area contributed by atoms with Crippen molar-refractivity contribution in [1.29, 1.82) is 0 Å². The number of nitrogens with two attached hydrogens (primary N) is 1. The lowest BCUT2D eigenvalue weighted by Crippen LogP contribution is -2.33. The van der Waals surface area contributed by atoms with Gasteiger partial charge in [0.05, 0.1) is 9.92 Å². The second kappa shape index (κ2) is 6.12. The average molecular weight is 295 g/mol. The fourth-order valence-corrected chi connectivity index (χ4v) is 2.62. The second-order valence-electron chi connectivity index (χ2n) is 3.47. The minimum absolute atomic E-state index is 0.193. The SMILES string of the molecule is NCCNC(=O)CS(=O)(=O)c1ccc(F)c(Cl)c1. The number of nitrogens with one attached hydrogen (secondary N) is 1. The molecule has 0 aromatic heterocycles. The van der Waals surface area contributed by atoms with E-state index < -0.39 is 27.3 Å². The number of hydrogen-bond acceptors (Lipinski definition) is 4. The molecule has 0 saturated carbocycles. The Morgan fingerprint density at radius 1 is 1.44 bits per heavy atom. The van der Waals surface area contributed by atoms with E-state index in [0.717, 1.165) is 18.2 Å². The van der Waals surface area contributed by atoms with Crippen LogP contribution in [0.4, 0.5) is 4.39 Å². The predicted molar refractivity (Wildman–Crippen MR) is 65.5 cm³/mol. The summed E-state index contributed by atoms with van der Waals surface area (Å²) in [6, 6.07) is 2.97. The number of benzene rings is 1. The molecule has 1 amide bonds. The van der Waals surface area contributed by atoms with E-state index in [0.29, 0.717) is 0 Å². The molecule has 100 valence electrons. The van der Waals surface area contributed by atoms with Gasteiger partial charge < -0.3 is 11.1 Å². The standard InChI is InChI=1S/C10H12ClFN2O3S/c11-8-5-7(1-2-9(8)12)18(16,17)6-10(15)14-4-3-13/h1-2,5H,3-4,6,13H2,(H,14,15). The van der Waals surface area contributed by atoms with Gasteiger partial charge in [0, 0.05) is 13.1 Å². The molecule has 0 saturated heterocycles. The highest BCUT2D eigenvalue weighted by molar-refractivity contribution is 7.92. The fourth-order valence-electron chi connectivity index (χ4n) is 1.19. The molecule has 1 aromatic rings. The summed E-state index contributed by atoms with van der Waals surface area (Å²) in [5.74, 6) is -2.11. The minimum Gasteiger partial charge on any atom is -0.354 e. The highest BCUT2D eigenvalue weighted by Crippen LogP contribution is 2.20. The molecule has 3 N–H and O–H groups in total. The van der Waals surface area contributed by atoms with Gasteiger partial charge in [-0.3, -0.25) is 4.79 Å². The first kappa shape index (κ1) is 14.9. The van der Waals surface area contributed by atoms with Crippen LogP contribution in [0.25, 0.3) is 0 Å². The third-order valence-corrected chi connectivity index (χ3v) is 3.94.